The molecule has 0 aliphatic rings. The van der Waals surface area contributed by atoms with Crippen molar-refractivity contribution in [3.05, 3.63) is 35.5 Å². The number of fused-ring (bicyclic) bond motifs is 1. The predicted molar refractivity (Wildman–Crippen MR) is 62.6 cm³/mol. The minimum atomic E-state index is -0.427. The molecule has 0 amide bonds. The van der Waals surface area contributed by atoms with Crippen molar-refractivity contribution in [3.8, 4) is 11.8 Å². The number of ether oxygens (including phenoxy) is 1. The number of hydrogen-bond acceptors (Lipinski definition) is 3. The zero-order valence-corrected chi connectivity index (χ0v) is 9.11. The quantitative estimate of drug-likeness (QED) is 0.456. The van der Waals surface area contributed by atoms with Gasteiger partial charge in [0.15, 0.2) is 6.29 Å². The Morgan fingerprint density at radius 2 is 2.29 bits per heavy atom. The summed E-state index contributed by atoms with van der Waals surface area (Å²) in [5.74, 6) is 4.53. The highest BCUT2D eigenvalue weighted by Gasteiger charge is 2.12. The maximum absolute atomic E-state index is 11.6. The highest BCUT2D eigenvalue weighted by atomic mass is 16.5. The van der Waals surface area contributed by atoms with E-state index in [1.807, 2.05) is 0 Å². The van der Waals surface area contributed by atoms with Gasteiger partial charge in [-0.2, -0.15) is 0 Å². The fourth-order valence-corrected chi connectivity index (χ4v) is 1.63. The second kappa shape index (κ2) is 4.54. The molecular formula is C13H9NO3. The number of H-pyrrole nitrogens is 1. The van der Waals surface area contributed by atoms with Crippen molar-refractivity contribution in [2.75, 3.05) is 7.11 Å². The number of hydrogen-bond donors (Lipinski definition) is 1. The van der Waals surface area contributed by atoms with Crippen LogP contribution in [-0.4, -0.2) is 24.3 Å². The van der Waals surface area contributed by atoms with Gasteiger partial charge >= 0.3 is 5.97 Å². The van der Waals surface area contributed by atoms with Gasteiger partial charge in [0.05, 0.1) is 12.7 Å². The summed E-state index contributed by atoms with van der Waals surface area (Å²) in [6.45, 7) is 0. The van der Waals surface area contributed by atoms with Crippen molar-refractivity contribution in [3.63, 3.8) is 0 Å². The SMILES string of the molecule is COC(=O)c1cc(C#CC=O)cc2[nH]ccc12. The lowest BCUT2D eigenvalue weighted by Crippen LogP contribution is -2.02. The summed E-state index contributed by atoms with van der Waals surface area (Å²) in [5.41, 5.74) is 1.80. The van der Waals surface area contributed by atoms with Gasteiger partial charge in [-0.05, 0) is 24.1 Å². The first kappa shape index (κ1) is 11.0. The predicted octanol–water partition coefficient (Wildman–Crippen LogP) is 1.50. The maximum Gasteiger partial charge on any atom is 0.338 e. The molecule has 4 heteroatoms. The van der Waals surface area contributed by atoms with E-state index in [0.29, 0.717) is 17.4 Å². The summed E-state index contributed by atoms with van der Waals surface area (Å²) >= 11 is 0. The van der Waals surface area contributed by atoms with E-state index in [0.717, 1.165) is 10.9 Å². The topological polar surface area (TPSA) is 59.2 Å². The molecule has 4 nitrogen and oxygen atoms in total. The molecule has 2 aromatic rings. The molecule has 1 aromatic carbocycles. The molecule has 2 rings (SSSR count). The summed E-state index contributed by atoms with van der Waals surface area (Å²) in [6, 6.07) is 5.18. The number of aromatic nitrogens is 1. The lowest BCUT2D eigenvalue weighted by atomic mass is 10.1. The van der Waals surface area contributed by atoms with Crippen LogP contribution >= 0.6 is 0 Å². The molecule has 0 radical (unpaired) electrons. The molecule has 0 saturated heterocycles. The van der Waals surface area contributed by atoms with Crippen LogP contribution in [0.5, 0.6) is 0 Å². The number of rotatable bonds is 1. The summed E-state index contributed by atoms with van der Waals surface area (Å²) < 4.78 is 4.70. The van der Waals surface area contributed by atoms with Crippen LogP contribution in [0.3, 0.4) is 0 Å². The Kier molecular flexibility index (Phi) is 2.93. The fourth-order valence-electron chi connectivity index (χ4n) is 1.63. The fraction of sp³-hybridized carbons (Fsp3) is 0.0769. The average molecular weight is 227 g/mol. The third kappa shape index (κ3) is 2.04. The summed E-state index contributed by atoms with van der Waals surface area (Å²) in [5, 5.41) is 0.772. The summed E-state index contributed by atoms with van der Waals surface area (Å²) in [4.78, 5) is 24.8. The summed E-state index contributed by atoms with van der Waals surface area (Å²) in [6.07, 6.45) is 2.24. The van der Waals surface area contributed by atoms with Crippen LogP contribution in [0.4, 0.5) is 0 Å². The zero-order chi connectivity index (χ0) is 12.3. The van der Waals surface area contributed by atoms with Gasteiger partial charge in [-0.15, -0.1) is 0 Å². The molecule has 0 bridgehead atoms. The van der Waals surface area contributed by atoms with Crippen molar-refractivity contribution in [2.45, 2.75) is 0 Å². The maximum atomic E-state index is 11.6. The number of carbonyl (C=O) groups excluding carboxylic acids is 2. The molecule has 0 saturated carbocycles. The van der Waals surface area contributed by atoms with Crippen molar-refractivity contribution in [1.82, 2.24) is 4.98 Å². The standard InChI is InChI=1S/C13H9NO3/c1-17-13(16)11-7-9(3-2-6-15)8-12-10(11)4-5-14-12/h4-8,14H,1H3. The van der Waals surface area contributed by atoms with E-state index in [1.54, 1.807) is 24.4 Å². The van der Waals surface area contributed by atoms with Gasteiger partial charge in [-0.1, -0.05) is 5.92 Å². The van der Waals surface area contributed by atoms with E-state index >= 15 is 0 Å². The Balaban J connectivity index is 2.66. The number of nitrogens with one attached hydrogen (secondary N) is 1. The van der Waals surface area contributed by atoms with Crippen LogP contribution in [0.2, 0.25) is 0 Å². The number of benzene rings is 1. The van der Waals surface area contributed by atoms with Gasteiger partial charge in [0, 0.05) is 22.7 Å². The van der Waals surface area contributed by atoms with Crippen molar-refractivity contribution in [2.24, 2.45) is 0 Å². The highest BCUT2D eigenvalue weighted by Crippen LogP contribution is 2.20. The molecule has 0 aliphatic carbocycles. The Morgan fingerprint density at radius 3 is 3.00 bits per heavy atom. The molecule has 0 spiro atoms. The molecule has 0 unspecified atom stereocenters. The van der Waals surface area contributed by atoms with Gasteiger partial charge in [0.2, 0.25) is 0 Å². The first-order valence-electron chi connectivity index (χ1n) is 4.91. The number of esters is 1. The van der Waals surface area contributed by atoms with E-state index in [1.165, 1.54) is 7.11 Å². The van der Waals surface area contributed by atoms with Gasteiger partial charge in [0.1, 0.15) is 0 Å². The zero-order valence-electron chi connectivity index (χ0n) is 9.11. The first-order chi connectivity index (χ1) is 8.26. The molecule has 0 atom stereocenters. The largest absolute Gasteiger partial charge is 0.465 e. The Morgan fingerprint density at radius 1 is 1.47 bits per heavy atom. The Bertz CT molecular complexity index is 643. The van der Waals surface area contributed by atoms with Gasteiger partial charge < -0.3 is 9.72 Å². The van der Waals surface area contributed by atoms with Crippen LogP contribution in [0.25, 0.3) is 10.9 Å². The number of carbonyl (C=O) groups is 2. The van der Waals surface area contributed by atoms with E-state index < -0.39 is 5.97 Å². The molecule has 0 fully saturated rings. The third-order valence-electron chi connectivity index (χ3n) is 2.35. The van der Waals surface area contributed by atoms with Crippen LogP contribution in [0.15, 0.2) is 24.4 Å². The second-order valence-corrected chi connectivity index (χ2v) is 3.34. The number of aromatic amines is 1. The van der Waals surface area contributed by atoms with E-state index in [2.05, 4.69) is 16.8 Å². The normalized spacial score (nSPS) is 9.47. The van der Waals surface area contributed by atoms with Gasteiger partial charge in [-0.3, -0.25) is 4.79 Å². The number of aldehydes is 1. The van der Waals surface area contributed by atoms with Gasteiger partial charge in [-0.25, -0.2) is 4.79 Å². The smallest absolute Gasteiger partial charge is 0.338 e. The minimum absolute atomic E-state index is 0.427. The Labute approximate surface area is 97.6 Å². The lowest BCUT2D eigenvalue weighted by Gasteiger charge is -2.02. The number of methoxy groups -OCH3 is 1. The van der Waals surface area contributed by atoms with Crippen molar-refractivity contribution in [1.29, 1.82) is 0 Å². The highest BCUT2D eigenvalue weighted by molar-refractivity contribution is 6.04. The third-order valence-corrected chi connectivity index (χ3v) is 2.35. The van der Waals surface area contributed by atoms with E-state index in [9.17, 15) is 9.59 Å². The van der Waals surface area contributed by atoms with Crippen LogP contribution in [0.1, 0.15) is 15.9 Å². The van der Waals surface area contributed by atoms with E-state index in [-0.39, 0.29) is 0 Å². The monoisotopic (exact) mass is 227 g/mol. The van der Waals surface area contributed by atoms with Crippen LogP contribution in [0, 0.1) is 11.8 Å². The van der Waals surface area contributed by atoms with Crippen molar-refractivity contribution < 1.29 is 14.3 Å². The van der Waals surface area contributed by atoms with Gasteiger partial charge in [0.25, 0.3) is 0 Å². The molecule has 1 heterocycles. The molecule has 0 aliphatic heterocycles. The van der Waals surface area contributed by atoms with E-state index in [4.69, 9.17) is 4.74 Å². The average Bonchev–Trinajstić information content (AvgIpc) is 2.82. The minimum Gasteiger partial charge on any atom is -0.465 e. The molecular weight excluding hydrogens is 218 g/mol. The molecule has 1 aromatic heterocycles. The Hall–Kier alpha value is -2.54. The lowest BCUT2D eigenvalue weighted by molar-refractivity contribution is -0.103. The van der Waals surface area contributed by atoms with Crippen LogP contribution < -0.4 is 0 Å². The molecule has 1 N–H and O–H groups in total. The molecule has 17 heavy (non-hydrogen) atoms. The molecule has 84 valence electrons. The summed E-state index contributed by atoms with van der Waals surface area (Å²) in [7, 11) is 1.32. The second-order valence-electron chi connectivity index (χ2n) is 3.34. The van der Waals surface area contributed by atoms with Crippen molar-refractivity contribution >= 4 is 23.2 Å². The first-order valence-corrected chi connectivity index (χ1v) is 4.91. The van der Waals surface area contributed by atoms with Crippen LogP contribution in [-0.2, 0) is 9.53 Å².